The molecule has 0 saturated carbocycles. The summed E-state index contributed by atoms with van der Waals surface area (Å²) in [5.74, 6) is -1.26. The van der Waals surface area contributed by atoms with Crippen molar-refractivity contribution in [1.82, 2.24) is 9.88 Å². The lowest BCUT2D eigenvalue weighted by atomic mass is 10.1. The molecule has 4 nitrogen and oxygen atoms in total. The van der Waals surface area contributed by atoms with Crippen LogP contribution < -0.4 is 4.74 Å². The first-order valence-electron chi connectivity index (χ1n) is 7.85. The van der Waals surface area contributed by atoms with Gasteiger partial charge in [-0.2, -0.15) is 4.98 Å². The van der Waals surface area contributed by atoms with Crippen molar-refractivity contribution in [3.8, 4) is 5.19 Å². The summed E-state index contributed by atoms with van der Waals surface area (Å²) >= 11 is 2.57. The van der Waals surface area contributed by atoms with Gasteiger partial charge >= 0.3 is 0 Å². The van der Waals surface area contributed by atoms with Crippen LogP contribution in [-0.4, -0.2) is 35.0 Å². The molecule has 1 aliphatic rings. The van der Waals surface area contributed by atoms with Gasteiger partial charge in [-0.1, -0.05) is 17.4 Å². The lowest BCUT2D eigenvalue weighted by Gasteiger charge is -2.31. The van der Waals surface area contributed by atoms with E-state index in [2.05, 4.69) is 4.98 Å². The van der Waals surface area contributed by atoms with Crippen LogP contribution in [0.25, 0.3) is 10.2 Å². The van der Waals surface area contributed by atoms with Gasteiger partial charge in [-0.3, -0.25) is 4.79 Å². The van der Waals surface area contributed by atoms with Crippen molar-refractivity contribution in [1.29, 1.82) is 0 Å². The SMILES string of the molecule is O=C(c1cccs1)N1CCC(Oc2nc3c(F)cc(F)cc3s2)CC1. The van der Waals surface area contributed by atoms with Crippen molar-refractivity contribution < 1.29 is 18.3 Å². The Balaban J connectivity index is 1.40. The van der Waals surface area contributed by atoms with Gasteiger partial charge in [-0.15, -0.1) is 11.3 Å². The molecule has 0 spiro atoms. The third kappa shape index (κ3) is 3.36. The molecule has 130 valence electrons. The van der Waals surface area contributed by atoms with E-state index in [1.54, 1.807) is 0 Å². The number of rotatable bonds is 3. The second-order valence-electron chi connectivity index (χ2n) is 5.80. The zero-order valence-electron chi connectivity index (χ0n) is 13.1. The molecule has 0 bridgehead atoms. The van der Waals surface area contributed by atoms with E-state index in [0.717, 1.165) is 22.3 Å². The summed E-state index contributed by atoms with van der Waals surface area (Å²) in [6.07, 6.45) is 1.29. The monoisotopic (exact) mass is 380 g/mol. The molecule has 4 rings (SSSR count). The Bertz CT molecular complexity index is 903. The molecule has 1 fully saturated rings. The summed E-state index contributed by atoms with van der Waals surface area (Å²) in [5, 5.41) is 2.22. The van der Waals surface area contributed by atoms with E-state index in [1.165, 1.54) is 17.4 Å². The lowest BCUT2D eigenvalue weighted by Crippen LogP contribution is -2.41. The van der Waals surface area contributed by atoms with Gasteiger partial charge in [0.05, 0.1) is 9.58 Å². The Hall–Kier alpha value is -2.06. The van der Waals surface area contributed by atoms with Crippen molar-refractivity contribution in [3.63, 3.8) is 0 Å². The minimum absolute atomic E-state index is 0.0472. The Morgan fingerprint density at radius 3 is 2.80 bits per heavy atom. The van der Waals surface area contributed by atoms with E-state index in [4.69, 9.17) is 4.74 Å². The molecule has 3 heterocycles. The molecule has 1 amide bonds. The summed E-state index contributed by atoms with van der Waals surface area (Å²) in [4.78, 5) is 19.0. The van der Waals surface area contributed by atoms with Crippen LogP contribution in [0.1, 0.15) is 22.5 Å². The summed E-state index contributed by atoms with van der Waals surface area (Å²) in [6, 6.07) is 5.76. The van der Waals surface area contributed by atoms with Gasteiger partial charge in [0.1, 0.15) is 17.4 Å². The van der Waals surface area contributed by atoms with Crippen molar-refractivity contribution in [3.05, 3.63) is 46.2 Å². The highest BCUT2D eigenvalue weighted by Crippen LogP contribution is 2.32. The highest BCUT2D eigenvalue weighted by atomic mass is 32.1. The highest BCUT2D eigenvalue weighted by molar-refractivity contribution is 7.20. The number of thiazole rings is 1. The predicted molar refractivity (Wildman–Crippen MR) is 93.4 cm³/mol. The fraction of sp³-hybridized carbons (Fsp3) is 0.294. The first-order chi connectivity index (χ1) is 12.1. The molecule has 1 aliphatic heterocycles. The quantitative estimate of drug-likeness (QED) is 0.680. The molecular weight excluding hydrogens is 366 g/mol. The number of benzene rings is 1. The van der Waals surface area contributed by atoms with Crippen LogP contribution in [0.15, 0.2) is 29.6 Å². The number of carbonyl (C=O) groups is 1. The Kier molecular flexibility index (Phi) is 4.39. The molecule has 0 radical (unpaired) electrons. The summed E-state index contributed by atoms with van der Waals surface area (Å²) in [6.45, 7) is 1.21. The van der Waals surface area contributed by atoms with Gasteiger partial charge in [-0.05, 0) is 17.5 Å². The predicted octanol–water partition coefficient (Wildman–Crippen LogP) is 4.32. The molecule has 1 saturated heterocycles. The number of aromatic nitrogens is 1. The van der Waals surface area contributed by atoms with E-state index < -0.39 is 11.6 Å². The number of hydrogen-bond donors (Lipinski definition) is 0. The fourth-order valence-corrected chi connectivity index (χ4v) is 4.47. The third-order valence-electron chi connectivity index (χ3n) is 4.12. The van der Waals surface area contributed by atoms with Crippen LogP contribution in [0.4, 0.5) is 8.78 Å². The summed E-state index contributed by atoms with van der Waals surface area (Å²) in [7, 11) is 0. The van der Waals surface area contributed by atoms with Gasteiger partial charge < -0.3 is 9.64 Å². The van der Waals surface area contributed by atoms with Crippen LogP contribution in [0.2, 0.25) is 0 Å². The molecule has 3 aromatic rings. The number of halogens is 2. The van der Waals surface area contributed by atoms with Gasteiger partial charge in [0.15, 0.2) is 5.82 Å². The second kappa shape index (κ2) is 6.68. The van der Waals surface area contributed by atoms with Gasteiger partial charge in [0, 0.05) is 32.0 Å². The summed E-state index contributed by atoms with van der Waals surface area (Å²) < 4.78 is 33.2. The minimum Gasteiger partial charge on any atom is -0.467 e. The van der Waals surface area contributed by atoms with Crippen LogP contribution >= 0.6 is 22.7 Å². The largest absolute Gasteiger partial charge is 0.467 e. The first kappa shape index (κ1) is 16.4. The average Bonchev–Trinajstić information content (AvgIpc) is 3.24. The topological polar surface area (TPSA) is 42.4 Å². The number of hydrogen-bond acceptors (Lipinski definition) is 5. The number of likely N-dealkylation sites (tertiary alicyclic amines) is 1. The maximum atomic E-state index is 13.7. The van der Waals surface area contributed by atoms with Crippen molar-refractivity contribution in [2.75, 3.05) is 13.1 Å². The lowest BCUT2D eigenvalue weighted by molar-refractivity contribution is 0.0600. The number of amides is 1. The highest BCUT2D eigenvalue weighted by Gasteiger charge is 2.26. The van der Waals surface area contributed by atoms with Crippen LogP contribution in [0.5, 0.6) is 5.19 Å². The van der Waals surface area contributed by atoms with Crippen molar-refractivity contribution >= 4 is 38.8 Å². The van der Waals surface area contributed by atoms with Crippen LogP contribution in [0, 0.1) is 11.6 Å². The van der Waals surface area contributed by atoms with Crippen LogP contribution in [-0.2, 0) is 0 Å². The van der Waals surface area contributed by atoms with Gasteiger partial charge in [-0.25, -0.2) is 8.78 Å². The number of fused-ring (bicyclic) bond motifs is 1. The first-order valence-corrected chi connectivity index (χ1v) is 9.55. The molecule has 1 aromatic carbocycles. The Morgan fingerprint density at radius 2 is 2.08 bits per heavy atom. The summed E-state index contributed by atoms with van der Waals surface area (Å²) in [5.41, 5.74) is 0.131. The molecular formula is C17H14F2N2O2S2. The molecule has 2 aromatic heterocycles. The number of thiophene rings is 1. The van der Waals surface area contributed by atoms with Gasteiger partial charge in [0.2, 0.25) is 0 Å². The number of nitrogens with zero attached hydrogens (tertiary/aromatic N) is 2. The smallest absolute Gasteiger partial charge is 0.274 e. The normalized spacial score (nSPS) is 15.7. The fourth-order valence-electron chi connectivity index (χ4n) is 2.86. The maximum Gasteiger partial charge on any atom is 0.274 e. The van der Waals surface area contributed by atoms with Crippen LogP contribution in [0.3, 0.4) is 0 Å². The zero-order valence-corrected chi connectivity index (χ0v) is 14.7. The number of ether oxygens (including phenoxy) is 1. The van der Waals surface area contributed by atoms with Crippen molar-refractivity contribution in [2.24, 2.45) is 0 Å². The molecule has 0 atom stereocenters. The Morgan fingerprint density at radius 1 is 1.28 bits per heavy atom. The maximum absolute atomic E-state index is 13.7. The van der Waals surface area contributed by atoms with E-state index >= 15 is 0 Å². The van der Waals surface area contributed by atoms with E-state index in [1.807, 2.05) is 22.4 Å². The zero-order chi connectivity index (χ0) is 17.4. The molecule has 0 aliphatic carbocycles. The molecule has 0 unspecified atom stereocenters. The standard InChI is InChI=1S/C17H14F2N2O2S2/c18-10-8-12(19)15-14(9-10)25-17(20-15)23-11-3-5-21(6-4-11)16(22)13-2-1-7-24-13/h1-2,7-9,11H,3-6H2. The second-order valence-corrected chi connectivity index (χ2v) is 7.74. The van der Waals surface area contributed by atoms with Gasteiger partial charge in [0.25, 0.3) is 11.1 Å². The van der Waals surface area contributed by atoms with E-state index in [9.17, 15) is 13.6 Å². The minimum atomic E-state index is -0.683. The molecule has 0 N–H and O–H groups in total. The number of carbonyl (C=O) groups excluding carboxylic acids is 1. The molecule has 8 heteroatoms. The third-order valence-corrected chi connectivity index (χ3v) is 5.87. The average molecular weight is 380 g/mol. The van der Waals surface area contributed by atoms with Crippen molar-refractivity contribution in [2.45, 2.75) is 18.9 Å². The van der Waals surface area contributed by atoms with E-state index in [0.29, 0.717) is 35.8 Å². The number of piperidine rings is 1. The van der Waals surface area contributed by atoms with E-state index in [-0.39, 0.29) is 17.5 Å². The molecule has 25 heavy (non-hydrogen) atoms. The Labute approximate surface area is 150 Å².